The third-order valence-corrected chi connectivity index (χ3v) is 7.46. The Morgan fingerprint density at radius 1 is 1.31 bits per heavy atom. The first-order chi connectivity index (χ1) is 13.9. The molecule has 1 aromatic heterocycles. The predicted octanol–water partition coefficient (Wildman–Crippen LogP) is 2.15. The third kappa shape index (κ3) is 5.72. The number of hydrogen-bond acceptors (Lipinski definition) is 7. The molecule has 158 valence electrons. The second-order valence-corrected chi connectivity index (χ2v) is 10.2. The molecule has 1 fully saturated rings. The minimum atomic E-state index is -3.01. The SMILES string of the molecule is CCCCn1c(SCC(=O)N[C@H]2CCS(=O)(=O)C2)nnc1-c1ccc(OC)cc1. The number of carbonyl (C=O) groups excluding carboxylic acids is 1. The largest absolute Gasteiger partial charge is 0.497 e. The zero-order chi connectivity index (χ0) is 20.9. The van der Waals surface area contributed by atoms with Gasteiger partial charge in [0.05, 0.1) is 24.4 Å². The van der Waals surface area contributed by atoms with E-state index in [1.165, 1.54) is 11.8 Å². The molecule has 0 spiro atoms. The van der Waals surface area contributed by atoms with Crippen molar-refractivity contribution in [2.45, 2.75) is 43.9 Å². The molecule has 0 saturated carbocycles. The molecule has 1 aromatic carbocycles. The number of nitrogens with zero attached hydrogens (tertiary/aromatic N) is 3. The topological polar surface area (TPSA) is 103 Å². The van der Waals surface area contributed by atoms with Crippen LogP contribution in [0, 0.1) is 0 Å². The van der Waals surface area contributed by atoms with Gasteiger partial charge in [-0.2, -0.15) is 0 Å². The first-order valence-corrected chi connectivity index (χ1v) is 12.4. The van der Waals surface area contributed by atoms with Crippen molar-refractivity contribution in [2.75, 3.05) is 24.4 Å². The molecular weight excluding hydrogens is 412 g/mol. The summed E-state index contributed by atoms with van der Waals surface area (Å²) in [5.74, 6) is 1.68. The molecule has 8 nitrogen and oxygen atoms in total. The van der Waals surface area contributed by atoms with Crippen molar-refractivity contribution in [1.82, 2.24) is 20.1 Å². The number of benzene rings is 1. The van der Waals surface area contributed by atoms with Crippen LogP contribution in [0.1, 0.15) is 26.2 Å². The number of carbonyl (C=O) groups is 1. The maximum atomic E-state index is 12.3. The minimum Gasteiger partial charge on any atom is -0.497 e. The number of methoxy groups -OCH3 is 1. The molecule has 0 unspecified atom stereocenters. The van der Waals surface area contributed by atoms with Gasteiger partial charge in [0.15, 0.2) is 20.8 Å². The average molecular weight is 439 g/mol. The Morgan fingerprint density at radius 2 is 2.07 bits per heavy atom. The number of ether oxygens (including phenoxy) is 1. The van der Waals surface area contributed by atoms with Gasteiger partial charge in [0.2, 0.25) is 5.91 Å². The normalized spacial score (nSPS) is 17.9. The lowest BCUT2D eigenvalue weighted by Crippen LogP contribution is -2.36. The van der Waals surface area contributed by atoms with E-state index in [4.69, 9.17) is 4.74 Å². The quantitative estimate of drug-likeness (QED) is 0.598. The van der Waals surface area contributed by atoms with E-state index in [2.05, 4.69) is 22.4 Å². The van der Waals surface area contributed by atoms with Gasteiger partial charge in [-0.25, -0.2) is 8.42 Å². The van der Waals surface area contributed by atoms with E-state index >= 15 is 0 Å². The van der Waals surface area contributed by atoms with Gasteiger partial charge < -0.3 is 14.6 Å². The lowest BCUT2D eigenvalue weighted by Gasteiger charge is -2.12. The highest BCUT2D eigenvalue weighted by molar-refractivity contribution is 7.99. The predicted molar refractivity (Wildman–Crippen MR) is 113 cm³/mol. The van der Waals surface area contributed by atoms with E-state index < -0.39 is 9.84 Å². The number of thioether (sulfide) groups is 1. The summed E-state index contributed by atoms with van der Waals surface area (Å²) in [6.07, 6.45) is 2.48. The van der Waals surface area contributed by atoms with Crippen LogP contribution < -0.4 is 10.1 Å². The Labute approximate surface area is 175 Å². The summed E-state index contributed by atoms with van der Waals surface area (Å²) in [5.41, 5.74) is 0.932. The molecular formula is C19H26N4O4S2. The van der Waals surface area contributed by atoms with Gasteiger partial charge in [0, 0.05) is 18.2 Å². The lowest BCUT2D eigenvalue weighted by atomic mass is 10.2. The second kappa shape index (κ2) is 9.62. The van der Waals surface area contributed by atoms with Gasteiger partial charge in [0.25, 0.3) is 0 Å². The number of sulfone groups is 1. The molecule has 2 heterocycles. The highest BCUT2D eigenvalue weighted by atomic mass is 32.2. The van der Waals surface area contributed by atoms with E-state index in [9.17, 15) is 13.2 Å². The van der Waals surface area contributed by atoms with Gasteiger partial charge >= 0.3 is 0 Å². The molecule has 1 N–H and O–H groups in total. The summed E-state index contributed by atoms with van der Waals surface area (Å²) in [6.45, 7) is 2.88. The molecule has 2 aromatic rings. The van der Waals surface area contributed by atoms with E-state index in [-0.39, 0.29) is 29.2 Å². The molecule has 1 amide bonds. The van der Waals surface area contributed by atoms with Gasteiger partial charge in [-0.05, 0) is 37.1 Å². The van der Waals surface area contributed by atoms with Crippen molar-refractivity contribution in [1.29, 1.82) is 0 Å². The highest BCUT2D eigenvalue weighted by Crippen LogP contribution is 2.26. The van der Waals surface area contributed by atoms with Crippen molar-refractivity contribution < 1.29 is 17.9 Å². The lowest BCUT2D eigenvalue weighted by molar-refractivity contribution is -0.119. The number of rotatable bonds is 9. The van der Waals surface area contributed by atoms with Crippen LogP contribution in [-0.4, -0.2) is 59.5 Å². The van der Waals surface area contributed by atoms with Crippen LogP contribution in [0.15, 0.2) is 29.4 Å². The first-order valence-electron chi connectivity index (χ1n) is 9.62. The fraction of sp³-hybridized carbons (Fsp3) is 0.526. The number of nitrogens with one attached hydrogen (secondary N) is 1. The fourth-order valence-electron chi connectivity index (χ4n) is 3.18. The van der Waals surface area contributed by atoms with Gasteiger partial charge in [-0.3, -0.25) is 4.79 Å². The zero-order valence-electron chi connectivity index (χ0n) is 16.6. The van der Waals surface area contributed by atoms with Crippen LogP contribution in [0.2, 0.25) is 0 Å². The molecule has 10 heteroatoms. The molecule has 1 atom stereocenters. The average Bonchev–Trinajstić information content (AvgIpc) is 3.27. The number of unbranched alkanes of at least 4 members (excludes halogenated alkanes) is 1. The molecule has 29 heavy (non-hydrogen) atoms. The van der Waals surface area contributed by atoms with Gasteiger partial charge in [-0.1, -0.05) is 25.1 Å². The number of aromatic nitrogens is 3. The molecule has 0 radical (unpaired) electrons. The molecule has 1 saturated heterocycles. The van der Waals surface area contributed by atoms with Crippen LogP contribution in [0.5, 0.6) is 5.75 Å². The van der Waals surface area contributed by atoms with E-state index in [0.29, 0.717) is 11.6 Å². The van der Waals surface area contributed by atoms with Crippen molar-refractivity contribution in [2.24, 2.45) is 0 Å². The van der Waals surface area contributed by atoms with Crippen molar-refractivity contribution >= 4 is 27.5 Å². The smallest absolute Gasteiger partial charge is 0.230 e. The fourth-order valence-corrected chi connectivity index (χ4v) is 5.62. The summed E-state index contributed by atoms with van der Waals surface area (Å²) >= 11 is 1.32. The Bertz CT molecular complexity index is 942. The third-order valence-electron chi connectivity index (χ3n) is 4.73. The Morgan fingerprint density at radius 3 is 2.69 bits per heavy atom. The second-order valence-electron chi connectivity index (χ2n) is 7.00. The number of amides is 1. The summed E-state index contributed by atoms with van der Waals surface area (Å²) in [6, 6.07) is 7.34. The molecule has 1 aliphatic heterocycles. The Hall–Kier alpha value is -2.07. The zero-order valence-corrected chi connectivity index (χ0v) is 18.3. The number of hydrogen-bond donors (Lipinski definition) is 1. The maximum Gasteiger partial charge on any atom is 0.230 e. The van der Waals surface area contributed by atoms with Crippen molar-refractivity contribution in [3.8, 4) is 17.1 Å². The Balaban J connectivity index is 1.68. The summed E-state index contributed by atoms with van der Waals surface area (Å²) < 4.78 is 30.3. The van der Waals surface area contributed by atoms with Crippen LogP contribution in [-0.2, 0) is 21.2 Å². The molecule has 0 bridgehead atoms. The van der Waals surface area contributed by atoms with E-state index in [1.54, 1.807) is 7.11 Å². The summed E-state index contributed by atoms with van der Waals surface area (Å²) in [5, 5.41) is 12.1. The molecule has 1 aliphatic rings. The van der Waals surface area contributed by atoms with Crippen LogP contribution in [0.4, 0.5) is 0 Å². The Kier molecular flexibility index (Phi) is 7.18. The van der Waals surface area contributed by atoms with Crippen LogP contribution >= 0.6 is 11.8 Å². The van der Waals surface area contributed by atoms with Gasteiger partial charge in [-0.15, -0.1) is 10.2 Å². The standard InChI is InChI=1S/C19H26N4O4S2/c1-3-4-10-23-18(14-5-7-16(27-2)8-6-14)21-22-19(23)28-12-17(24)20-15-9-11-29(25,26)13-15/h5-8,15H,3-4,9-13H2,1-2H3,(H,20,24)/t15-/m0/s1. The van der Waals surface area contributed by atoms with Crippen LogP contribution in [0.3, 0.4) is 0 Å². The van der Waals surface area contributed by atoms with E-state index in [1.807, 2.05) is 28.8 Å². The van der Waals surface area contributed by atoms with Crippen LogP contribution in [0.25, 0.3) is 11.4 Å². The van der Waals surface area contributed by atoms with Crippen molar-refractivity contribution in [3.63, 3.8) is 0 Å². The highest BCUT2D eigenvalue weighted by Gasteiger charge is 2.29. The first kappa shape index (κ1) is 21.6. The molecule has 0 aliphatic carbocycles. The van der Waals surface area contributed by atoms with Crippen molar-refractivity contribution in [3.05, 3.63) is 24.3 Å². The summed E-state index contributed by atoms with van der Waals surface area (Å²) in [7, 11) is -1.39. The van der Waals surface area contributed by atoms with Gasteiger partial charge in [0.1, 0.15) is 5.75 Å². The monoisotopic (exact) mass is 438 g/mol. The minimum absolute atomic E-state index is 0.0255. The molecule has 3 rings (SSSR count). The maximum absolute atomic E-state index is 12.3. The summed E-state index contributed by atoms with van der Waals surface area (Å²) in [4.78, 5) is 12.3. The van der Waals surface area contributed by atoms with E-state index in [0.717, 1.165) is 36.5 Å².